The van der Waals surface area contributed by atoms with Crippen LogP contribution in [0.5, 0.6) is 5.75 Å². The number of aromatic amines is 1. The number of hydrogen-bond donors (Lipinski definition) is 2. The van der Waals surface area contributed by atoms with Crippen molar-refractivity contribution in [3.8, 4) is 40.3 Å². The van der Waals surface area contributed by atoms with Gasteiger partial charge in [-0.1, -0.05) is 35.2 Å². The Bertz CT molecular complexity index is 1350. The second-order valence-electron chi connectivity index (χ2n) is 6.25. The van der Waals surface area contributed by atoms with E-state index in [1.54, 1.807) is 24.3 Å². The van der Waals surface area contributed by atoms with Crippen molar-refractivity contribution in [3.05, 3.63) is 74.3 Å². The molecule has 0 fully saturated rings. The average Bonchev–Trinajstić information content (AvgIpc) is 3.01. The highest BCUT2D eigenvalue weighted by atomic mass is 35.5. The van der Waals surface area contributed by atoms with E-state index in [1.807, 2.05) is 13.0 Å². The molecule has 0 amide bonds. The van der Waals surface area contributed by atoms with Crippen molar-refractivity contribution in [3.63, 3.8) is 0 Å². The number of aryl methyl sites for hydroxylation is 1. The third-order valence-electron chi connectivity index (χ3n) is 4.50. The van der Waals surface area contributed by atoms with Crippen molar-refractivity contribution < 1.29 is 5.11 Å². The maximum absolute atomic E-state index is 13.0. The van der Waals surface area contributed by atoms with Gasteiger partial charge in [-0.3, -0.25) is 9.89 Å². The number of fused-ring (bicyclic) bond motifs is 1. The lowest BCUT2D eigenvalue weighted by Gasteiger charge is -2.06. The molecule has 0 aliphatic carbocycles. The highest BCUT2D eigenvalue weighted by molar-refractivity contribution is 6.42. The highest BCUT2D eigenvalue weighted by Crippen LogP contribution is 2.33. The fourth-order valence-electron chi connectivity index (χ4n) is 3.16. The van der Waals surface area contributed by atoms with E-state index in [4.69, 9.17) is 29.6 Å². The summed E-state index contributed by atoms with van der Waals surface area (Å²) in [4.78, 5) is 17.5. The minimum absolute atomic E-state index is 0.0812. The van der Waals surface area contributed by atoms with Crippen LogP contribution >= 0.6 is 23.2 Å². The summed E-state index contributed by atoms with van der Waals surface area (Å²) in [5.41, 5.74) is 3.50. The first-order valence-electron chi connectivity index (χ1n) is 8.26. The molecule has 0 saturated heterocycles. The van der Waals surface area contributed by atoms with Crippen molar-refractivity contribution in [2.45, 2.75) is 6.92 Å². The highest BCUT2D eigenvalue weighted by Gasteiger charge is 2.18. The average molecular weight is 410 g/mol. The van der Waals surface area contributed by atoms with E-state index in [9.17, 15) is 9.90 Å². The Balaban J connectivity index is 1.94. The Morgan fingerprint density at radius 3 is 2.61 bits per heavy atom. The number of nitrogens with one attached hydrogen (secondary N) is 1. The fourth-order valence-corrected chi connectivity index (χ4v) is 3.46. The molecule has 2 N–H and O–H groups in total. The van der Waals surface area contributed by atoms with E-state index >= 15 is 0 Å². The second kappa shape index (κ2) is 6.75. The third-order valence-corrected chi connectivity index (χ3v) is 5.24. The van der Waals surface area contributed by atoms with Gasteiger partial charge in [0.2, 0.25) is 0 Å². The molecule has 7 heteroatoms. The molecule has 0 bridgehead atoms. The first kappa shape index (κ1) is 18.2. The van der Waals surface area contributed by atoms with Gasteiger partial charge in [-0.05, 0) is 42.8 Å². The van der Waals surface area contributed by atoms with Crippen LogP contribution in [0, 0.1) is 19.3 Å². The van der Waals surface area contributed by atoms with Gasteiger partial charge < -0.3 is 5.11 Å². The molecule has 0 aliphatic rings. The maximum atomic E-state index is 13.0. The molecular formula is C21H13Cl2N3O2. The van der Waals surface area contributed by atoms with Gasteiger partial charge in [0.25, 0.3) is 5.56 Å². The van der Waals surface area contributed by atoms with Crippen LogP contribution in [-0.2, 0) is 0 Å². The second-order valence-corrected chi connectivity index (χ2v) is 7.07. The number of terminal acetylenes is 1. The predicted octanol–water partition coefficient (Wildman–Crippen LogP) is 4.66. The molecule has 0 unspecified atom stereocenters. The van der Waals surface area contributed by atoms with Gasteiger partial charge in [0, 0.05) is 28.6 Å². The van der Waals surface area contributed by atoms with Crippen LogP contribution in [0.3, 0.4) is 0 Å². The van der Waals surface area contributed by atoms with Gasteiger partial charge in [0.15, 0.2) is 5.65 Å². The van der Waals surface area contributed by atoms with E-state index < -0.39 is 0 Å². The van der Waals surface area contributed by atoms with Gasteiger partial charge in [0.05, 0.1) is 15.6 Å². The number of H-pyrrole nitrogens is 1. The summed E-state index contributed by atoms with van der Waals surface area (Å²) in [6, 6.07) is 9.93. The van der Waals surface area contributed by atoms with E-state index in [0.717, 1.165) is 16.8 Å². The summed E-state index contributed by atoms with van der Waals surface area (Å²) in [5.74, 6) is 2.36. The number of phenolic OH excluding ortho intramolecular Hbond substituents is 1. The fraction of sp³-hybridized carbons (Fsp3) is 0.0476. The SMILES string of the molecule is C#Cc1ccc(-c2cnc3c(-c4ccc(Cl)c(Cl)c4)c(C)[nH]n3c2=O)c(O)c1. The van der Waals surface area contributed by atoms with Crippen LogP contribution in [0.25, 0.3) is 27.9 Å². The molecule has 0 radical (unpaired) electrons. The van der Waals surface area contributed by atoms with Gasteiger partial charge >= 0.3 is 0 Å². The molecule has 4 aromatic rings. The number of rotatable bonds is 2. The number of hydrogen-bond acceptors (Lipinski definition) is 3. The summed E-state index contributed by atoms with van der Waals surface area (Å²) < 4.78 is 1.34. The largest absolute Gasteiger partial charge is 0.507 e. The normalized spacial score (nSPS) is 10.9. The van der Waals surface area contributed by atoms with Crippen LogP contribution in [0.2, 0.25) is 10.0 Å². The Morgan fingerprint density at radius 1 is 1.14 bits per heavy atom. The van der Waals surface area contributed by atoms with Crippen molar-refractivity contribution >= 4 is 28.8 Å². The predicted molar refractivity (Wildman–Crippen MR) is 111 cm³/mol. The third kappa shape index (κ3) is 2.84. The zero-order chi connectivity index (χ0) is 20.0. The van der Waals surface area contributed by atoms with Crippen LogP contribution in [0.4, 0.5) is 0 Å². The summed E-state index contributed by atoms with van der Waals surface area (Å²) in [7, 11) is 0. The first-order valence-corrected chi connectivity index (χ1v) is 9.02. The molecule has 0 saturated carbocycles. The molecular weight excluding hydrogens is 397 g/mol. The lowest BCUT2D eigenvalue weighted by Crippen LogP contribution is -2.17. The van der Waals surface area contributed by atoms with Crippen LogP contribution < -0.4 is 5.56 Å². The Kier molecular flexibility index (Phi) is 4.38. The molecule has 5 nitrogen and oxygen atoms in total. The molecule has 0 aliphatic heterocycles. The van der Waals surface area contributed by atoms with Crippen molar-refractivity contribution in [2.75, 3.05) is 0 Å². The molecule has 138 valence electrons. The van der Waals surface area contributed by atoms with E-state index in [2.05, 4.69) is 16.0 Å². The van der Waals surface area contributed by atoms with E-state index in [1.165, 1.54) is 16.8 Å². The van der Waals surface area contributed by atoms with Gasteiger partial charge in [-0.2, -0.15) is 0 Å². The zero-order valence-corrected chi connectivity index (χ0v) is 16.1. The van der Waals surface area contributed by atoms with Gasteiger partial charge in [-0.25, -0.2) is 9.50 Å². The summed E-state index contributed by atoms with van der Waals surface area (Å²) in [6.07, 6.45) is 6.79. The Morgan fingerprint density at radius 2 is 1.93 bits per heavy atom. The van der Waals surface area contributed by atoms with Crippen molar-refractivity contribution in [2.24, 2.45) is 0 Å². The minimum atomic E-state index is -0.344. The van der Waals surface area contributed by atoms with Crippen LogP contribution in [-0.4, -0.2) is 19.7 Å². The molecule has 4 rings (SSSR count). The molecule has 2 aromatic carbocycles. The number of aromatic hydroxyl groups is 1. The number of aromatic nitrogens is 3. The molecule has 2 heterocycles. The maximum Gasteiger partial charge on any atom is 0.280 e. The quantitative estimate of drug-likeness (QED) is 0.473. The monoisotopic (exact) mass is 409 g/mol. The number of nitrogens with zero attached hydrogens (tertiary/aromatic N) is 2. The zero-order valence-electron chi connectivity index (χ0n) is 14.6. The molecule has 2 aromatic heterocycles. The molecule has 28 heavy (non-hydrogen) atoms. The Hall–Kier alpha value is -3.20. The Labute approximate surface area is 170 Å². The summed E-state index contributed by atoms with van der Waals surface area (Å²) in [5, 5.41) is 14.1. The summed E-state index contributed by atoms with van der Waals surface area (Å²) >= 11 is 12.1. The van der Waals surface area contributed by atoms with E-state index in [0.29, 0.717) is 26.8 Å². The number of phenols is 1. The van der Waals surface area contributed by atoms with Crippen LogP contribution in [0.15, 0.2) is 47.4 Å². The lowest BCUT2D eigenvalue weighted by molar-refractivity contribution is 0.477. The van der Waals surface area contributed by atoms with Crippen LogP contribution in [0.1, 0.15) is 11.3 Å². The van der Waals surface area contributed by atoms with Crippen molar-refractivity contribution in [1.82, 2.24) is 14.6 Å². The standard InChI is InChI=1S/C21H13Cl2N3O2/c1-3-12-4-6-14(18(27)8-12)15-10-24-20-19(11(2)25-26(20)21(15)28)13-5-7-16(22)17(23)9-13/h1,4-10,25,27H,2H3. The minimum Gasteiger partial charge on any atom is -0.507 e. The molecule has 0 spiro atoms. The number of halogens is 2. The van der Waals surface area contributed by atoms with Gasteiger partial charge in [0.1, 0.15) is 5.75 Å². The van der Waals surface area contributed by atoms with E-state index in [-0.39, 0.29) is 16.9 Å². The smallest absolute Gasteiger partial charge is 0.280 e. The molecule has 0 atom stereocenters. The summed E-state index contributed by atoms with van der Waals surface area (Å²) in [6.45, 7) is 1.84. The van der Waals surface area contributed by atoms with Crippen molar-refractivity contribution in [1.29, 1.82) is 0 Å². The topological polar surface area (TPSA) is 70.4 Å². The lowest BCUT2D eigenvalue weighted by atomic mass is 10.0. The number of benzene rings is 2. The first-order chi connectivity index (χ1) is 13.4. The van der Waals surface area contributed by atoms with Gasteiger partial charge in [-0.15, -0.1) is 6.42 Å².